The molecule has 0 unspecified atom stereocenters. The molecule has 0 radical (unpaired) electrons. The minimum Gasteiger partial charge on any atom is -0.408 e. The molecule has 138 valence electrons. The van der Waals surface area contributed by atoms with Crippen molar-refractivity contribution >= 4 is 14.6 Å². The zero-order valence-corrected chi connectivity index (χ0v) is 16.4. The lowest BCUT2D eigenvalue weighted by molar-refractivity contribution is 0.0719. The molecule has 0 aromatic heterocycles. The predicted molar refractivity (Wildman–Crippen MR) is 107 cm³/mol. The molecule has 0 fully saturated rings. The number of rotatable bonds is 6. The molecule has 0 saturated carbocycles. The Morgan fingerprint density at radius 2 is 1.19 bits per heavy atom. The van der Waals surface area contributed by atoms with Crippen molar-refractivity contribution in [3.63, 3.8) is 0 Å². The average Bonchev–Trinajstić information content (AvgIpc) is 2.62. The predicted octanol–water partition coefficient (Wildman–Crippen LogP) is 6.15. The highest BCUT2D eigenvalue weighted by molar-refractivity contribution is 7.43. The van der Waals surface area contributed by atoms with Crippen molar-refractivity contribution in [2.24, 2.45) is 0 Å². The fourth-order valence-electron chi connectivity index (χ4n) is 2.81. The lowest BCUT2D eigenvalue weighted by Crippen LogP contribution is -2.10. The van der Waals surface area contributed by atoms with Crippen LogP contribution in [0.25, 0.3) is 0 Å². The van der Waals surface area contributed by atoms with Crippen LogP contribution >= 0.6 is 8.60 Å². The van der Waals surface area contributed by atoms with E-state index in [9.17, 15) is 4.79 Å². The molecule has 0 spiro atoms. The number of carbonyl (C=O) groups is 1. The van der Waals surface area contributed by atoms with Crippen LogP contribution in [0.4, 0.5) is 0 Å². The van der Waals surface area contributed by atoms with E-state index in [1.165, 1.54) is 0 Å². The highest BCUT2D eigenvalue weighted by Crippen LogP contribution is 2.42. The zero-order valence-electron chi connectivity index (χ0n) is 15.5. The maximum Gasteiger partial charge on any atom is 0.532 e. The van der Waals surface area contributed by atoms with E-state index in [1.54, 1.807) is 24.3 Å². The number of hydrogen-bond acceptors (Lipinski definition) is 4. The van der Waals surface area contributed by atoms with Gasteiger partial charge in [-0.3, -0.25) is 0 Å². The molecule has 0 atom stereocenters. The van der Waals surface area contributed by atoms with Gasteiger partial charge in [0, 0.05) is 0 Å². The van der Waals surface area contributed by atoms with Gasteiger partial charge >= 0.3 is 14.6 Å². The van der Waals surface area contributed by atoms with Crippen LogP contribution in [0.2, 0.25) is 0 Å². The first-order valence-electron chi connectivity index (χ1n) is 8.59. The Balaban J connectivity index is 1.83. The third-order valence-electron chi connectivity index (χ3n) is 3.88. The van der Waals surface area contributed by atoms with Crippen molar-refractivity contribution < 1.29 is 18.4 Å². The highest BCUT2D eigenvalue weighted by atomic mass is 31.2. The minimum atomic E-state index is -1.96. The Labute approximate surface area is 160 Å². The van der Waals surface area contributed by atoms with Crippen molar-refractivity contribution in [3.8, 4) is 11.5 Å². The maximum absolute atomic E-state index is 12.8. The fourth-order valence-corrected chi connectivity index (χ4v) is 3.73. The van der Waals surface area contributed by atoms with Crippen LogP contribution in [0.5, 0.6) is 11.5 Å². The molecule has 0 aliphatic rings. The molecule has 3 aromatic rings. The van der Waals surface area contributed by atoms with Crippen LogP contribution in [-0.2, 0) is 4.52 Å². The van der Waals surface area contributed by atoms with E-state index in [2.05, 4.69) is 0 Å². The van der Waals surface area contributed by atoms with E-state index in [0.29, 0.717) is 17.1 Å². The van der Waals surface area contributed by atoms with Gasteiger partial charge in [-0.2, -0.15) is 0 Å². The van der Waals surface area contributed by atoms with Gasteiger partial charge in [-0.25, -0.2) is 4.79 Å². The minimum absolute atomic E-state index is 0.456. The van der Waals surface area contributed by atoms with Crippen molar-refractivity contribution in [1.82, 2.24) is 0 Å². The quantitative estimate of drug-likeness (QED) is 0.481. The Morgan fingerprint density at radius 1 is 0.741 bits per heavy atom. The summed E-state index contributed by atoms with van der Waals surface area (Å²) in [5.74, 6) is 0.692. The summed E-state index contributed by atoms with van der Waals surface area (Å²) < 4.78 is 17.3. The fraction of sp³-hybridized carbons (Fsp3) is 0.136. The lowest BCUT2D eigenvalue weighted by Gasteiger charge is -2.18. The number of para-hydroxylation sites is 2. The molecule has 0 aliphatic heterocycles. The normalized spacial score (nSPS) is 10.5. The first-order chi connectivity index (χ1) is 13.0. The van der Waals surface area contributed by atoms with Crippen LogP contribution in [0, 0.1) is 20.8 Å². The molecule has 0 bridgehead atoms. The highest BCUT2D eigenvalue weighted by Gasteiger charge is 2.25. The van der Waals surface area contributed by atoms with Gasteiger partial charge in [-0.05, 0) is 56.2 Å². The molecular formula is C22H21O4P. The van der Waals surface area contributed by atoms with E-state index in [-0.39, 0.29) is 0 Å². The number of benzene rings is 3. The monoisotopic (exact) mass is 380 g/mol. The molecule has 0 N–H and O–H groups in total. The first-order valence-corrected chi connectivity index (χ1v) is 9.69. The van der Waals surface area contributed by atoms with Gasteiger partial charge in [-0.1, -0.05) is 54.1 Å². The second-order valence-electron chi connectivity index (χ2n) is 6.18. The molecule has 5 heteroatoms. The number of hydrogen-bond donors (Lipinski definition) is 0. The van der Waals surface area contributed by atoms with Crippen LogP contribution in [0.15, 0.2) is 72.8 Å². The Morgan fingerprint density at radius 3 is 1.63 bits per heavy atom. The van der Waals surface area contributed by atoms with Crippen LogP contribution in [0.1, 0.15) is 27.0 Å². The van der Waals surface area contributed by atoms with Crippen molar-refractivity contribution in [3.05, 3.63) is 95.1 Å². The summed E-state index contributed by atoms with van der Waals surface area (Å²) in [6.45, 7) is 5.79. The van der Waals surface area contributed by atoms with Crippen molar-refractivity contribution in [2.45, 2.75) is 20.8 Å². The smallest absolute Gasteiger partial charge is 0.408 e. The van der Waals surface area contributed by atoms with E-state index >= 15 is 0 Å². The van der Waals surface area contributed by atoms with Gasteiger partial charge in [-0.15, -0.1) is 0 Å². The van der Waals surface area contributed by atoms with Gasteiger partial charge in [0.15, 0.2) is 0 Å². The van der Waals surface area contributed by atoms with Gasteiger partial charge in [0.1, 0.15) is 11.5 Å². The third kappa shape index (κ3) is 5.08. The molecular weight excluding hydrogens is 359 g/mol. The largest absolute Gasteiger partial charge is 0.532 e. The Hall–Kier alpha value is -2.84. The molecule has 3 rings (SSSR count). The summed E-state index contributed by atoms with van der Waals surface area (Å²) in [7, 11) is -1.96. The summed E-state index contributed by atoms with van der Waals surface area (Å²) in [5.41, 5.74) is 3.38. The number of carbonyl (C=O) groups excluding carboxylic acids is 1. The van der Waals surface area contributed by atoms with E-state index in [4.69, 9.17) is 13.6 Å². The summed E-state index contributed by atoms with van der Waals surface area (Å²) in [6, 6.07) is 22.3. The molecule has 0 heterocycles. The zero-order chi connectivity index (χ0) is 19.2. The second-order valence-corrected chi connectivity index (χ2v) is 7.18. The number of aryl methyl sites for hydroxylation is 3. The van der Waals surface area contributed by atoms with Crippen molar-refractivity contribution in [2.75, 3.05) is 0 Å². The molecule has 0 aliphatic carbocycles. The van der Waals surface area contributed by atoms with Gasteiger partial charge in [0.2, 0.25) is 0 Å². The molecule has 3 aromatic carbocycles. The van der Waals surface area contributed by atoms with Gasteiger partial charge in [0.05, 0.1) is 5.56 Å². The Bertz CT molecular complexity index is 846. The van der Waals surface area contributed by atoms with Crippen LogP contribution < -0.4 is 9.05 Å². The summed E-state index contributed by atoms with van der Waals surface area (Å²) in [5, 5.41) is 0. The summed E-state index contributed by atoms with van der Waals surface area (Å²) in [4.78, 5) is 12.8. The standard InChI is InChI=1S/C22H21O4P/c1-16-14-17(2)21(18(3)15-16)22(23)26-27(24-19-10-6-4-7-11-19)25-20-12-8-5-9-13-20/h4-15H,1-3H3. The lowest BCUT2D eigenvalue weighted by atomic mass is 10.0. The molecule has 0 saturated heterocycles. The summed E-state index contributed by atoms with van der Waals surface area (Å²) >= 11 is 0. The molecule has 27 heavy (non-hydrogen) atoms. The van der Waals surface area contributed by atoms with E-state index in [1.807, 2.05) is 69.3 Å². The van der Waals surface area contributed by atoms with Crippen molar-refractivity contribution in [1.29, 1.82) is 0 Å². The van der Waals surface area contributed by atoms with Crippen LogP contribution in [-0.4, -0.2) is 5.97 Å². The van der Waals surface area contributed by atoms with Crippen LogP contribution in [0.3, 0.4) is 0 Å². The summed E-state index contributed by atoms with van der Waals surface area (Å²) in [6.07, 6.45) is 0. The first kappa shape index (κ1) is 18.9. The third-order valence-corrected chi connectivity index (χ3v) is 4.92. The maximum atomic E-state index is 12.8. The topological polar surface area (TPSA) is 44.8 Å². The van der Waals surface area contributed by atoms with Gasteiger partial charge < -0.3 is 13.6 Å². The Kier molecular flexibility index (Phi) is 6.10. The SMILES string of the molecule is Cc1cc(C)c(C(=O)OP(Oc2ccccc2)Oc2ccccc2)c(C)c1. The van der Waals surface area contributed by atoms with Gasteiger partial charge in [0.25, 0.3) is 0 Å². The second kappa shape index (κ2) is 8.70. The van der Waals surface area contributed by atoms with E-state index in [0.717, 1.165) is 16.7 Å². The molecule has 4 nitrogen and oxygen atoms in total. The average molecular weight is 380 g/mol. The molecule has 0 amide bonds. The van der Waals surface area contributed by atoms with E-state index < -0.39 is 14.6 Å².